The van der Waals surface area contributed by atoms with Gasteiger partial charge < -0.3 is 35.4 Å². The lowest BCUT2D eigenvalue weighted by Crippen LogP contribution is -2.60. The summed E-state index contributed by atoms with van der Waals surface area (Å²) in [5.41, 5.74) is 0.175. The van der Waals surface area contributed by atoms with Crippen molar-refractivity contribution >= 4 is 41.4 Å². The van der Waals surface area contributed by atoms with Crippen LogP contribution in [0, 0.1) is 11.6 Å². The van der Waals surface area contributed by atoms with E-state index in [9.17, 15) is 42.3 Å². The molecule has 6 amide bonds. The maximum atomic E-state index is 14.2. The molecule has 1 aromatic rings. The second-order valence-corrected chi connectivity index (χ2v) is 13.1. The first kappa shape index (κ1) is 38.9. The van der Waals surface area contributed by atoms with Crippen molar-refractivity contribution in [2.24, 2.45) is 0 Å². The number of rotatable bonds is 8. The number of amides is 6. The maximum Gasteiger partial charge on any atom is 0.328 e. The van der Waals surface area contributed by atoms with E-state index in [1.54, 1.807) is 6.08 Å². The molecular weight excluding hydrogens is 670 g/mol. The minimum Gasteiger partial charge on any atom is -0.461 e. The van der Waals surface area contributed by atoms with Gasteiger partial charge in [0.15, 0.2) is 11.6 Å². The van der Waals surface area contributed by atoms with E-state index in [4.69, 9.17) is 4.74 Å². The van der Waals surface area contributed by atoms with Crippen LogP contribution in [0.15, 0.2) is 30.4 Å². The summed E-state index contributed by atoms with van der Waals surface area (Å²) < 4.78 is 33.3. The summed E-state index contributed by atoms with van der Waals surface area (Å²) in [5.74, 6) is -7.04. The third-order valence-corrected chi connectivity index (χ3v) is 9.45. The quantitative estimate of drug-likeness (QED) is 0.261. The molecular formula is C35H46F2N6O8. The van der Waals surface area contributed by atoms with Gasteiger partial charge in [0, 0.05) is 26.6 Å². The van der Waals surface area contributed by atoms with Crippen LogP contribution in [0.25, 0.3) is 0 Å². The molecule has 3 saturated heterocycles. The van der Waals surface area contributed by atoms with Crippen LogP contribution in [-0.4, -0.2) is 119 Å². The van der Waals surface area contributed by atoms with Crippen LogP contribution >= 0.6 is 0 Å². The van der Waals surface area contributed by atoms with Crippen molar-refractivity contribution in [3.8, 4) is 0 Å². The number of benzene rings is 1. The van der Waals surface area contributed by atoms with Crippen LogP contribution in [-0.2, 0) is 44.7 Å². The van der Waals surface area contributed by atoms with E-state index < -0.39 is 95.9 Å². The summed E-state index contributed by atoms with van der Waals surface area (Å²) in [4.78, 5) is 98.1. The van der Waals surface area contributed by atoms with Crippen LogP contribution in [0.1, 0.15) is 64.9 Å². The van der Waals surface area contributed by atoms with E-state index in [0.29, 0.717) is 19.3 Å². The smallest absolute Gasteiger partial charge is 0.328 e. The molecule has 0 unspecified atom stereocenters. The number of nitrogens with one attached hydrogen (secondary N) is 3. The van der Waals surface area contributed by atoms with E-state index in [1.165, 1.54) is 47.7 Å². The second-order valence-electron chi connectivity index (χ2n) is 13.1. The number of likely N-dealkylation sites (N-methyl/N-ethyl adjacent to an activating group) is 1. The second kappa shape index (κ2) is 17.4. The van der Waals surface area contributed by atoms with Crippen LogP contribution in [0.3, 0.4) is 0 Å². The van der Waals surface area contributed by atoms with E-state index in [1.807, 2.05) is 6.92 Å². The zero-order valence-corrected chi connectivity index (χ0v) is 29.3. The average molecular weight is 717 g/mol. The number of unbranched alkanes of at least 4 members (excludes halogenated alkanes) is 1. The Morgan fingerprint density at radius 3 is 2.31 bits per heavy atom. The number of ether oxygens (including phenoxy) is 1. The summed E-state index contributed by atoms with van der Waals surface area (Å²) in [6.45, 7) is 4.57. The number of halogens is 2. The number of hydrogen-bond donors (Lipinski definition) is 3. The zero-order valence-electron chi connectivity index (χ0n) is 29.3. The first-order chi connectivity index (χ1) is 24.2. The van der Waals surface area contributed by atoms with Crippen molar-refractivity contribution in [3.63, 3.8) is 0 Å². The molecule has 0 radical (unpaired) electrons. The number of fused-ring (bicyclic) bond motifs is 2. The van der Waals surface area contributed by atoms with Gasteiger partial charge in [-0.15, -0.1) is 0 Å². The highest BCUT2D eigenvalue weighted by Gasteiger charge is 2.43. The van der Waals surface area contributed by atoms with Crippen LogP contribution in [0.5, 0.6) is 0 Å². The van der Waals surface area contributed by atoms with E-state index >= 15 is 0 Å². The highest BCUT2D eigenvalue weighted by Crippen LogP contribution is 2.23. The van der Waals surface area contributed by atoms with Gasteiger partial charge in [-0.05, 0) is 69.7 Å². The SMILES string of the molecule is CCC/C=C/C(=O)N[C@@H](Cc1ccc(F)c(F)c1)C(=O)N[C@H]1COC(=O)[C@@H]2CCCN2C(=O)[C@H](C)NC(=O)[C@H](C)N(C)C(=O)[C@@H]2CCCN2C1=O. The first-order valence-corrected chi connectivity index (χ1v) is 17.3. The van der Waals surface area contributed by atoms with Crippen molar-refractivity contribution in [2.45, 2.75) is 102 Å². The fraction of sp³-hybridized carbons (Fsp3) is 0.571. The predicted octanol–water partition coefficient (Wildman–Crippen LogP) is 0.724. The van der Waals surface area contributed by atoms with Crippen molar-refractivity contribution < 1.29 is 47.1 Å². The Kier molecular flexibility index (Phi) is 13.2. The van der Waals surface area contributed by atoms with Gasteiger partial charge in [-0.3, -0.25) is 28.8 Å². The molecule has 6 atom stereocenters. The molecule has 278 valence electrons. The van der Waals surface area contributed by atoms with Gasteiger partial charge in [0.25, 0.3) is 0 Å². The topological polar surface area (TPSA) is 175 Å². The average Bonchev–Trinajstić information content (AvgIpc) is 3.80. The molecule has 3 heterocycles. The lowest BCUT2D eigenvalue weighted by atomic mass is 10.0. The fourth-order valence-corrected chi connectivity index (χ4v) is 6.41. The number of nitrogens with zero attached hydrogens (tertiary/aromatic N) is 3. The van der Waals surface area contributed by atoms with Gasteiger partial charge in [-0.25, -0.2) is 13.6 Å². The molecule has 3 N–H and O–H groups in total. The molecule has 0 aromatic heterocycles. The Bertz CT molecular complexity index is 1560. The maximum absolute atomic E-state index is 14.2. The van der Waals surface area contributed by atoms with Gasteiger partial charge >= 0.3 is 5.97 Å². The number of allylic oxidation sites excluding steroid dienone is 1. The summed E-state index contributed by atoms with van der Waals surface area (Å²) in [6.07, 6.45) is 5.35. The van der Waals surface area contributed by atoms with Crippen molar-refractivity contribution in [1.82, 2.24) is 30.7 Å². The Morgan fingerprint density at radius 1 is 0.980 bits per heavy atom. The van der Waals surface area contributed by atoms with Crippen LogP contribution in [0.2, 0.25) is 0 Å². The monoisotopic (exact) mass is 716 g/mol. The minimum absolute atomic E-state index is 0.128. The molecule has 0 saturated carbocycles. The molecule has 4 rings (SSSR count). The van der Waals surface area contributed by atoms with Gasteiger partial charge in [0.05, 0.1) is 0 Å². The fourth-order valence-electron chi connectivity index (χ4n) is 6.41. The molecule has 3 aliphatic rings. The Morgan fingerprint density at radius 2 is 1.65 bits per heavy atom. The first-order valence-electron chi connectivity index (χ1n) is 17.3. The molecule has 51 heavy (non-hydrogen) atoms. The molecule has 1 aromatic carbocycles. The van der Waals surface area contributed by atoms with E-state index in [2.05, 4.69) is 16.0 Å². The summed E-state index contributed by atoms with van der Waals surface area (Å²) in [7, 11) is 1.42. The van der Waals surface area contributed by atoms with Gasteiger partial charge in [0.2, 0.25) is 35.4 Å². The third-order valence-electron chi connectivity index (χ3n) is 9.45. The van der Waals surface area contributed by atoms with Crippen molar-refractivity contribution in [2.75, 3.05) is 26.7 Å². The Labute approximate surface area is 295 Å². The third kappa shape index (κ3) is 9.47. The van der Waals surface area contributed by atoms with E-state index in [0.717, 1.165) is 18.6 Å². The summed E-state index contributed by atoms with van der Waals surface area (Å²) in [6, 6.07) is -3.94. The standard InChI is InChI=1S/C35H46F2N6O8/c1-5-6-7-12-29(44)39-25(18-22-13-14-23(36)24(37)17-22)31(46)40-26-19-51-35(50)28-11-9-16-43(28)32(47)20(2)38-30(45)21(3)41(4)34(49)27-10-8-15-42(27)33(26)48/h7,12-14,17,20-21,25-28H,5-6,8-11,15-16,18-19H2,1-4H3,(H,38,45)(H,39,44)(H,40,46)/b12-7+/t20-,21-,25-,26-,27-,28-/m0/s1. The molecule has 16 heteroatoms. The lowest BCUT2D eigenvalue weighted by Gasteiger charge is -2.34. The Hall–Kier alpha value is -4.89. The minimum atomic E-state index is -1.54. The number of cyclic esters (lactones) is 1. The summed E-state index contributed by atoms with van der Waals surface area (Å²) >= 11 is 0. The molecule has 0 spiro atoms. The zero-order chi connectivity index (χ0) is 37.4. The van der Waals surface area contributed by atoms with Crippen molar-refractivity contribution in [1.29, 1.82) is 0 Å². The van der Waals surface area contributed by atoms with Gasteiger partial charge in [-0.1, -0.05) is 25.5 Å². The number of carbonyl (C=O) groups excluding carboxylic acids is 7. The molecule has 14 nitrogen and oxygen atoms in total. The summed E-state index contributed by atoms with van der Waals surface area (Å²) in [5, 5.41) is 7.72. The highest BCUT2D eigenvalue weighted by molar-refractivity contribution is 5.98. The molecule has 0 aliphatic carbocycles. The lowest BCUT2D eigenvalue weighted by molar-refractivity contribution is -0.158. The molecule has 0 bridgehead atoms. The normalized spacial score (nSPS) is 25.7. The number of esters is 1. The van der Waals surface area contributed by atoms with Crippen LogP contribution < -0.4 is 16.0 Å². The Balaban J connectivity index is 1.66. The largest absolute Gasteiger partial charge is 0.461 e. The number of carbonyl (C=O) groups is 7. The van der Waals surface area contributed by atoms with Crippen molar-refractivity contribution in [3.05, 3.63) is 47.5 Å². The highest BCUT2D eigenvalue weighted by atomic mass is 19.2. The van der Waals surface area contributed by atoms with Gasteiger partial charge in [0.1, 0.15) is 42.9 Å². The van der Waals surface area contributed by atoms with Crippen LogP contribution in [0.4, 0.5) is 8.78 Å². The predicted molar refractivity (Wildman–Crippen MR) is 178 cm³/mol. The molecule has 3 fully saturated rings. The van der Waals surface area contributed by atoms with Gasteiger partial charge in [-0.2, -0.15) is 0 Å². The van der Waals surface area contributed by atoms with E-state index in [-0.39, 0.29) is 37.9 Å². The molecule has 3 aliphatic heterocycles. The number of hydrogen-bond acceptors (Lipinski definition) is 8.